The zero-order valence-electron chi connectivity index (χ0n) is 21.9. The monoisotopic (exact) mass is 526 g/mol. The molecule has 38 heavy (non-hydrogen) atoms. The molecule has 2 aliphatic rings. The Labute approximate surface area is 223 Å². The third kappa shape index (κ3) is 4.71. The Hall–Kier alpha value is -3.94. The Bertz CT molecular complexity index is 1780. The van der Waals surface area contributed by atoms with E-state index in [1.165, 1.54) is 6.07 Å². The van der Waals surface area contributed by atoms with E-state index in [0.29, 0.717) is 22.5 Å². The third-order valence-corrected chi connectivity index (χ3v) is 7.84. The fraction of sp³-hybridized carbons (Fsp3) is 0.194. The number of anilines is 1. The summed E-state index contributed by atoms with van der Waals surface area (Å²) in [4.78, 5) is 6.97. The molecule has 1 aliphatic carbocycles. The van der Waals surface area contributed by atoms with E-state index in [4.69, 9.17) is 9.41 Å². The van der Waals surface area contributed by atoms with Crippen LogP contribution in [0.1, 0.15) is 25.0 Å². The molecule has 0 spiro atoms. The Balaban J connectivity index is 1.87. The number of nitrogens with zero attached hydrogens (tertiary/aromatic N) is 2. The second-order valence-electron chi connectivity index (χ2n) is 9.33. The van der Waals surface area contributed by atoms with Crippen LogP contribution in [0.3, 0.4) is 0 Å². The fourth-order valence-corrected chi connectivity index (χ4v) is 5.72. The Morgan fingerprint density at radius 2 is 1.55 bits per heavy atom. The molecule has 0 saturated carbocycles. The molecular weight excluding hydrogens is 496 g/mol. The topological polar surface area (TPSA) is 83.1 Å². The van der Waals surface area contributed by atoms with E-state index in [1.54, 1.807) is 18.2 Å². The first kappa shape index (κ1) is 25.7. The van der Waals surface area contributed by atoms with E-state index in [-0.39, 0.29) is 4.90 Å². The van der Waals surface area contributed by atoms with Crippen molar-refractivity contribution in [3.63, 3.8) is 0 Å². The highest BCUT2D eigenvalue weighted by Gasteiger charge is 2.23. The quantitative estimate of drug-likeness (QED) is 0.188. The Morgan fingerprint density at radius 3 is 2.24 bits per heavy atom. The highest BCUT2D eigenvalue weighted by atomic mass is 32.2. The van der Waals surface area contributed by atoms with Gasteiger partial charge in [0.2, 0.25) is 0 Å². The van der Waals surface area contributed by atoms with Gasteiger partial charge in [-0.05, 0) is 69.2 Å². The summed E-state index contributed by atoms with van der Waals surface area (Å²) in [6.07, 6.45) is 0. The molecule has 194 valence electrons. The van der Waals surface area contributed by atoms with Crippen molar-refractivity contribution in [2.24, 2.45) is 4.99 Å². The van der Waals surface area contributed by atoms with Crippen molar-refractivity contribution in [1.29, 1.82) is 0 Å². The molecule has 0 unspecified atom stereocenters. The molecule has 5 rings (SSSR count). The standard InChI is InChI=1S/C31H30N2O4S/c1-5-33(6-2)23-15-17-25-28(19-23)37-27-18-22(32-31-20(3)10-9-11-21(31)4)14-16-24(27)30(25)26-12-7-8-13-29(26)38(34,35)36/h7-19H,5-6H2,1-4H3,(H,34,35,36)/b32-22+. The molecule has 6 nitrogen and oxygen atoms in total. The maximum atomic E-state index is 12.4. The molecule has 3 aromatic carbocycles. The molecule has 7 heteroatoms. The zero-order chi connectivity index (χ0) is 27.0. The van der Waals surface area contributed by atoms with Gasteiger partial charge in [-0.15, -0.1) is 0 Å². The molecule has 0 atom stereocenters. The normalized spacial score (nSPS) is 12.4. The highest BCUT2D eigenvalue weighted by molar-refractivity contribution is 7.86. The van der Waals surface area contributed by atoms with E-state index < -0.39 is 10.1 Å². The number of fused-ring (bicyclic) bond motifs is 2. The van der Waals surface area contributed by atoms with Gasteiger partial charge < -0.3 is 9.32 Å². The largest absolute Gasteiger partial charge is 0.456 e. The summed E-state index contributed by atoms with van der Waals surface area (Å²) in [6.45, 7) is 9.94. The van der Waals surface area contributed by atoms with Gasteiger partial charge in [-0.1, -0.05) is 36.4 Å². The predicted octanol–water partition coefficient (Wildman–Crippen LogP) is 7.15. The highest BCUT2D eigenvalue weighted by Crippen LogP contribution is 2.43. The van der Waals surface area contributed by atoms with Crippen molar-refractivity contribution in [3.05, 3.63) is 95.3 Å². The summed E-state index contributed by atoms with van der Waals surface area (Å²) < 4.78 is 41.2. The summed E-state index contributed by atoms with van der Waals surface area (Å²) in [5.74, 6) is 0.571. The van der Waals surface area contributed by atoms with Gasteiger partial charge in [0.05, 0.1) is 11.0 Å². The summed E-state index contributed by atoms with van der Waals surface area (Å²) in [5, 5.41) is 1.48. The lowest BCUT2D eigenvalue weighted by atomic mass is 9.93. The minimum atomic E-state index is -4.46. The summed E-state index contributed by atoms with van der Waals surface area (Å²) in [6, 6.07) is 24.2. The summed E-state index contributed by atoms with van der Waals surface area (Å²) in [7, 11) is -4.46. The minimum Gasteiger partial charge on any atom is -0.456 e. The molecule has 3 aromatic rings. The van der Waals surface area contributed by atoms with Crippen LogP contribution in [0.5, 0.6) is 0 Å². The number of benzene rings is 4. The van der Waals surface area contributed by atoms with Gasteiger partial charge >= 0.3 is 0 Å². The van der Waals surface area contributed by atoms with Gasteiger partial charge in [-0.2, -0.15) is 8.42 Å². The van der Waals surface area contributed by atoms with Crippen LogP contribution < -0.4 is 10.3 Å². The summed E-state index contributed by atoms with van der Waals surface area (Å²) in [5.41, 5.74) is 6.51. The second kappa shape index (κ2) is 10.1. The van der Waals surface area contributed by atoms with E-state index in [0.717, 1.165) is 51.9 Å². The molecule has 1 N–H and O–H groups in total. The lowest BCUT2D eigenvalue weighted by Gasteiger charge is -2.22. The van der Waals surface area contributed by atoms with Gasteiger partial charge in [-0.3, -0.25) is 4.55 Å². The van der Waals surface area contributed by atoms with Gasteiger partial charge in [-0.25, -0.2) is 4.99 Å². The van der Waals surface area contributed by atoms with E-state index in [2.05, 4.69) is 18.7 Å². The van der Waals surface area contributed by atoms with Crippen LogP contribution in [0.15, 0.2) is 93.2 Å². The first-order valence-corrected chi connectivity index (χ1v) is 14.1. The Kier molecular flexibility index (Phi) is 6.82. The van der Waals surface area contributed by atoms with Gasteiger partial charge in [0.15, 0.2) is 0 Å². The molecular formula is C31H30N2O4S. The molecule has 0 fully saturated rings. The lowest BCUT2D eigenvalue weighted by molar-refractivity contribution is 0.483. The molecule has 0 bridgehead atoms. The van der Waals surface area contributed by atoms with E-state index >= 15 is 0 Å². The maximum absolute atomic E-state index is 12.4. The first-order valence-electron chi connectivity index (χ1n) is 12.6. The first-order chi connectivity index (χ1) is 18.2. The smallest absolute Gasteiger partial charge is 0.295 e. The predicted molar refractivity (Wildman–Crippen MR) is 153 cm³/mol. The average molecular weight is 527 g/mol. The van der Waals surface area contributed by atoms with Crippen molar-refractivity contribution >= 4 is 32.5 Å². The number of hydrogen-bond donors (Lipinski definition) is 1. The van der Waals surface area contributed by atoms with Crippen LogP contribution >= 0.6 is 0 Å². The van der Waals surface area contributed by atoms with Gasteiger partial charge in [0, 0.05) is 53.0 Å². The maximum Gasteiger partial charge on any atom is 0.295 e. The molecule has 0 aromatic heterocycles. The van der Waals surface area contributed by atoms with Crippen LogP contribution in [-0.4, -0.2) is 26.1 Å². The van der Waals surface area contributed by atoms with Gasteiger partial charge in [0.25, 0.3) is 10.1 Å². The Morgan fingerprint density at radius 1 is 0.842 bits per heavy atom. The van der Waals surface area contributed by atoms with Gasteiger partial charge in [0.1, 0.15) is 16.2 Å². The minimum absolute atomic E-state index is 0.147. The van der Waals surface area contributed by atoms with Crippen molar-refractivity contribution in [2.45, 2.75) is 32.6 Å². The van der Waals surface area contributed by atoms with Crippen molar-refractivity contribution in [3.8, 4) is 22.5 Å². The number of aryl methyl sites for hydroxylation is 2. The molecule has 0 amide bonds. The zero-order valence-corrected chi connectivity index (χ0v) is 22.7. The van der Waals surface area contributed by atoms with Crippen molar-refractivity contribution in [2.75, 3.05) is 18.0 Å². The van der Waals surface area contributed by atoms with Crippen LogP contribution in [0.2, 0.25) is 0 Å². The number of rotatable bonds is 6. The molecule has 0 radical (unpaired) electrons. The van der Waals surface area contributed by atoms with Crippen molar-refractivity contribution < 1.29 is 17.4 Å². The number of hydrogen-bond acceptors (Lipinski definition) is 5. The number of para-hydroxylation sites is 1. The van der Waals surface area contributed by atoms with Crippen LogP contribution in [0, 0.1) is 13.8 Å². The summed E-state index contributed by atoms with van der Waals surface area (Å²) >= 11 is 0. The van der Waals surface area contributed by atoms with Crippen molar-refractivity contribution in [1.82, 2.24) is 0 Å². The fourth-order valence-electron chi connectivity index (χ4n) is 5.02. The van der Waals surface area contributed by atoms with E-state index in [9.17, 15) is 13.0 Å². The van der Waals surface area contributed by atoms with Crippen LogP contribution in [0.4, 0.5) is 11.4 Å². The molecule has 1 heterocycles. The average Bonchev–Trinajstić information content (AvgIpc) is 2.89. The SMILES string of the molecule is CCN(CC)c1ccc2c(-c3ccccc3S(=O)(=O)O)c3cc/c(=N\c4c(C)cccc4C)cc-3oc2c1. The van der Waals surface area contributed by atoms with E-state index in [1.807, 2.05) is 68.4 Å². The second-order valence-corrected chi connectivity index (χ2v) is 10.7. The molecule has 0 saturated heterocycles. The third-order valence-electron chi connectivity index (χ3n) is 6.93. The van der Waals surface area contributed by atoms with Crippen LogP contribution in [-0.2, 0) is 10.1 Å². The lowest BCUT2D eigenvalue weighted by Crippen LogP contribution is -2.21. The molecule has 1 aliphatic heterocycles. The van der Waals surface area contributed by atoms with Crippen LogP contribution in [0.25, 0.3) is 33.4 Å².